The number of nitrogens with two attached hydrogens (primary N) is 1. The van der Waals surface area contributed by atoms with Gasteiger partial charge < -0.3 is 15.7 Å². The van der Waals surface area contributed by atoms with Gasteiger partial charge >= 0.3 is 0 Å². The van der Waals surface area contributed by atoms with Crippen molar-refractivity contribution < 1.29 is 9.50 Å². The normalized spacial score (nSPS) is 17.8. The number of benzene rings is 1. The third kappa shape index (κ3) is 2.03. The van der Waals surface area contributed by atoms with Crippen LogP contribution in [0.15, 0.2) is 18.2 Å². The predicted molar refractivity (Wildman–Crippen MR) is 61.9 cm³/mol. The zero-order chi connectivity index (χ0) is 11.5. The summed E-state index contributed by atoms with van der Waals surface area (Å²) in [5, 5.41) is 9.07. The highest BCUT2D eigenvalue weighted by Crippen LogP contribution is 2.30. The summed E-state index contributed by atoms with van der Waals surface area (Å²) in [5.74, 6) is -0.328. The maximum absolute atomic E-state index is 13.7. The lowest BCUT2D eigenvalue weighted by molar-refractivity contribution is 0.265. The molecular formula is C12H17FN2O. The summed E-state index contributed by atoms with van der Waals surface area (Å²) in [4.78, 5) is 2.13. The van der Waals surface area contributed by atoms with Crippen molar-refractivity contribution in [2.24, 2.45) is 5.73 Å². The summed E-state index contributed by atoms with van der Waals surface area (Å²) in [6.07, 6.45) is 2.26. The Balaban J connectivity index is 2.38. The van der Waals surface area contributed by atoms with Gasteiger partial charge in [-0.1, -0.05) is 6.07 Å². The van der Waals surface area contributed by atoms with Crippen LogP contribution in [0.4, 0.5) is 10.1 Å². The fourth-order valence-electron chi connectivity index (χ4n) is 2.22. The predicted octanol–water partition coefficient (Wildman–Crippen LogP) is 1.42. The van der Waals surface area contributed by atoms with Crippen molar-refractivity contribution in [1.29, 1.82) is 0 Å². The van der Waals surface area contributed by atoms with Gasteiger partial charge in [0.05, 0.1) is 12.6 Å². The van der Waals surface area contributed by atoms with Crippen LogP contribution in [0, 0.1) is 5.82 Å². The Bertz CT molecular complexity index is 364. The smallest absolute Gasteiger partial charge is 0.130 e. The average Bonchev–Trinajstić information content (AvgIpc) is 2.81. The molecule has 16 heavy (non-hydrogen) atoms. The van der Waals surface area contributed by atoms with Gasteiger partial charge in [0.2, 0.25) is 0 Å². The molecule has 0 amide bonds. The molecule has 88 valence electrons. The molecular weight excluding hydrogens is 207 g/mol. The van der Waals surface area contributed by atoms with Gasteiger partial charge in [-0.3, -0.25) is 0 Å². The first kappa shape index (κ1) is 11.4. The minimum Gasteiger partial charge on any atom is -0.394 e. The fourth-order valence-corrected chi connectivity index (χ4v) is 2.22. The molecule has 1 heterocycles. The van der Waals surface area contributed by atoms with E-state index in [1.54, 1.807) is 6.07 Å². The topological polar surface area (TPSA) is 49.5 Å². The highest BCUT2D eigenvalue weighted by Gasteiger charge is 2.21. The first-order valence-corrected chi connectivity index (χ1v) is 5.64. The molecule has 1 aromatic carbocycles. The molecule has 2 rings (SSSR count). The van der Waals surface area contributed by atoms with Crippen LogP contribution in [-0.2, 0) is 0 Å². The van der Waals surface area contributed by atoms with Crippen molar-refractivity contribution in [1.82, 2.24) is 0 Å². The summed E-state index contributed by atoms with van der Waals surface area (Å²) < 4.78 is 13.7. The van der Waals surface area contributed by atoms with E-state index in [0.29, 0.717) is 5.56 Å². The summed E-state index contributed by atoms with van der Waals surface area (Å²) >= 11 is 0. The van der Waals surface area contributed by atoms with Crippen LogP contribution in [0.25, 0.3) is 0 Å². The third-order valence-electron chi connectivity index (χ3n) is 3.04. The molecule has 0 saturated carbocycles. The van der Waals surface area contributed by atoms with Crippen molar-refractivity contribution in [3.05, 3.63) is 29.6 Å². The van der Waals surface area contributed by atoms with Crippen molar-refractivity contribution in [2.45, 2.75) is 18.9 Å². The maximum Gasteiger partial charge on any atom is 0.130 e. The molecule has 0 radical (unpaired) electrons. The molecule has 1 aliphatic rings. The zero-order valence-corrected chi connectivity index (χ0v) is 9.19. The van der Waals surface area contributed by atoms with Gasteiger partial charge in [-0.05, 0) is 25.0 Å². The van der Waals surface area contributed by atoms with Gasteiger partial charge in [0.15, 0.2) is 0 Å². The minimum absolute atomic E-state index is 0.234. The lowest BCUT2D eigenvalue weighted by atomic mass is 10.0. The van der Waals surface area contributed by atoms with Gasteiger partial charge in [0.25, 0.3) is 0 Å². The van der Waals surface area contributed by atoms with Gasteiger partial charge in [0.1, 0.15) is 5.82 Å². The quantitative estimate of drug-likeness (QED) is 0.816. The van der Waals surface area contributed by atoms with E-state index in [2.05, 4.69) is 4.90 Å². The van der Waals surface area contributed by atoms with Gasteiger partial charge in [-0.2, -0.15) is 0 Å². The number of nitrogens with zero attached hydrogens (tertiary/aromatic N) is 1. The van der Waals surface area contributed by atoms with E-state index in [1.165, 1.54) is 6.07 Å². The second kappa shape index (κ2) is 4.80. The molecule has 1 aliphatic heterocycles. The number of hydrogen-bond acceptors (Lipinski definition) is 3. The SMILES string of the molecule is NC(CO)c1c(F)cccc1N1CCCC1. The summed E-state index contributed by atoms with van der Waals surface area (Å²) in [5.41, 5.74) is 7.02. The van der Waals surface area contributed by atoms with Crippen molar-refractivity contribution >= 4 is 5.69 Å². The van der Waals surface area contributed by atoms with Crippen LogP contribution < -0.4 is 10.6 Å². The molecule has 1 unspecified atom stereocenters. The monoisotopic (exact) mass is 224 g/mol. The van der Waals surface area contributed by atoms with Gasteiger partial charge in [-0.15, -0.1) is 0 Å². The second-order valence-corrected chi connectivity index (χ2v) is 4.16. The van der Waals surface area contributed by atoms with E-state index >= 15 is 0 Å². The molecule has 1 atom stereocenters. The molecule has 0 aliphatic carbocycles. The minimum atomic E-state index is -0.642. The number of rotatable bonds is 3. The van der Waals surface area contributed by atoms with E-state index in [9.17, 15) is 4.39 Å². The summed E-state index contributed by atoms with van der Waals surface area (Å²) in [6.45, 7) is 1.64. The van der Waals surface area contributed by atoms with E-state index in [1.807, 2.05) is 6.07 Å². The van der Waals surface area contributed by atoms with E-state index in [0.717, 1.165) is 31.6 Å². The molecule has 0 aromatic heterocycles. The number of aliphatic hydroxyl groups is 1. The molecule has 3 N–H and O–H groups in total. The standard InChI is InChI=1S/C12H17FN2O/c13-9-4-3-5-11(12(9)10(14)8-16)15-6-1-2-7-15/h3-5,10,16H,1-2,6-8,14H2. The number of aliphatic hydroxyl groups excluding tert-OH is 1. The molecule has 3 nitrogen and oxygen atoms in total. The maximum atomic E-state index is 13.7. The van der Waals surface area contributed by atoms with Crippen LogP contribution in [-0.4, -0.2) is 24.8 Å². The van der Waals surface area contributed by atoms with Gasteiger partial charge in [0, 0.05) is 24.3 Å². The van der Waals surface area contributed by atoms with Crippen molar-refractivity contribution in [3.8, 4) is 0 Å². The number of hydrogen-bond donors (Lipinski definition) is 2. The third-order valence-corrected chi connectivity index (χ3v) is 3.04. The fraction of sp³-hybridized carbons (Fsp3) is 0.500. The first-order chi connectivity index (χ1) is 7.74. The Morgan fingerprint density at radius 1 is 1.38 bits per heavy atom. The van der Waals surface area contributed by atoms with Crippen LogP contribution in [0.2, 0.25) is 0 Å². The average molecular weight is 224 g/mol. The Kier molecular flexibility index (Phi) is 3.41. The number of halogens is 1. The Labute approximate surface area is 94.7 Å². The lowest BCUT2D eigenvalue weighted by Crippen LogP contribution is -2.24. The van der Waals surface area contributed by atoms with Crippen molar-refractivity contribution in [3.63, 3.8) is 0 Å². The Hall–Kier alpha value is -1.13. The van der Waals surface area contributed by atoms with E-state index in [4.69, 9.17) is 10.8 Å². The summed E-state index contributed by atoms with van der Waals surface area (Å²) in [7, 11) is 0. The molecule has 4 heteroatoms. The lowest BCUT2D eigenvalue weighted by Gasteiger charge is -2.24. The summed E-state index contributed by atoms with van der Waals surface area (Å²) in [6, 6.07) is 4.32. The highest BCUT2D eigenvalue weighted by atomic mass is 19.1. The molecule has 1 saturated heterocycles. The Morgan fingerprint density at radius 3 is 2.69 bits per heavy atom. The highest BCUT2D eigenvalue weighted by molar-refractivity contribution is 5.56. The zero-order valence-electron chi connectivity index (χ0n) is 9.19. The van der Waals surface area contributed by atoms with Gasteiger partial charge in [-0.25, -0.2) is 4.39 Å². The molecule has 1 fully saturated rings. The number of anilines is 1. The van der Waals surface area contributed by atoms with Crippen LogP contribution >= 0.6 is 0 Å². The largest absolute Gasteiger partial charge is 0.394 e. The second-order valence-electron chi connectivity index (χ2n) is 4.16. The van der Waals surface area contributed by atoms with E-state index < -0.39 is 6.04 Å². The van der Waals surface area contributed by atoms with Crippen LogP contribution in [0.3, 0.4) is 0 Å². The first-order valence-electron chi connectivity index (χ1n) is 5.64. The van der Waals surface area contributed by atoms with E-state index in [-0.39, 0.29) is 12.4 Å². The van der Waals surface area contributed by atoms with Crippen LogP contribution in [0.5, 0.6) is 0 Å². The molecule has 0 spiro atoms. The Morgan fingerprint density at radius 2 is 2.06 bits per heavy atom. The molecule has 1 aromatic rings. The van der Waals surface area contributed by atoms with Crippen LogP contribution in [0.1, 0.15) is 24.4 Å². The van der Waals surface area contributed by atoms with Crippen molar-refractivity contribution in [2.75, 3.05) is 24.6 Å². The molecule has 0 bridgehead atoms.